The third-order valence-corrected chi connectivity index (χ3v) is 4.28. The van der Waals surface area contributed by atoms with Crippen molar-refractivity contribution >= 4 is 39.6 Å². The number of hydrogen-bond acceptors (Lipinski definition) is 5. The lowest BCUT2D eigenvalue weighted by atomic mass is 10.1. The summed E-state index contributed by atoms with van der Waals surface area (Å²) in [6.07, 6.45) is 3.15. The lowest BCUT2D eigenvalue weighted by molar-refractivity contribution is 0.0924. The largest absolute Gasteiger partial charge is 0.394 e. The van der Waals surface area contributed by atoms with E-state index in [4.69, 9.17) is 16.7 Å². The third kappa shape index (κ3) is 2.79. The maximum Gasteiger partial charge on any atom is 0.255 e. The molecule has 3 heterocycles. The molecular weight excluding hydrogens is 356 g/mol. The normalized spacial score (nSPS) is 12.6. The fraction of sp³-hybridized carbons (Fsp3) is 0.176. The summed E-state index contributed by atoms with van der Waals surface area (Å²) in [6.45, 7) is 1.57. The van der Waals surface area contributed by atoms with Gasteiger partial charge >= 0.3 is 0 Å². The van der Waals surface area contributed by atoms with Crippen molar-refractivity contribution in [1.29, 1.82) is 0 Å². The van der Waals surface area contributed by atoms with E-state index in [2.05, 4.69) is 30.5 Å². The van der Waals surface area contributed by atoms with Gasteiger partial charge in [0.15, 0.2) is 5.65 Å². The number of aromatic amines is 2. The third-order valence-electron chi connectivity index (χ3n) is 4.04. The summed E-state index contributed by atoms with van der Waals surface area (Å²) in [4.78, 5) is 24.2. The molecular formula is C17H15ClN6O2. The number of carbonyl (C=O) groups excluding carboxylic acids is 1. The second-order valence-electron chi connectivity index (χ2n) is 5.97. The average molecular weight is 371 g/mol. The molecule has 1 aromatic carbocycles. The van der Waals surface area contributed by atoms with Crippen LogP contribution in [0.3, 0.4) is 0 Å². The molecule has 4 rings (SSSR count). The van der Waals surface area contributed by atoms with Crippen molar-refractivity contribution in [2.45, 2.75) is 13.0 Å². The van der Waals surface area contributed by atoms with Crippen molar-refractivity contribution in [1.82, 2.24) is 30.5 Å². The monoisotopic (exact) mass is 370 g/mol. The first-order chi connectivity index (χ1) is 12.6. The zero-order chi connectivity index (χ0) is 18.3. The Hall–Kier alpha value is -2.97. The van der Waals surface area contributed by atoms with Gasteiger partial charge in [0.2, 0.25) is 0 Å². The number of benzene rings is 1. The van der Waals surface area contributed by atoms with E-state index in [0.717, 1.165) is 10.9 Å². The van der Waals surface area contributed by atoms with Crippen molar-refractivity contribution in [3.63, 3.8) is 0 Å². The van der Waals surface area contributed by atoms with Crippen molar-refractivity contribution in [3.05, 3.63) is 41.2 Å². The number of nitrogens with one attached hydrogen (secondary N) is 3. The summed E-state index contributed by atoms with van der Waals surface area (Å²) in [5.41, 5.74) is 3.25. The predicted molar refractivity (Wildman–Crippen MR) is 98.0 cm³/mol. The molecule has 132 valence electrons. The van der Waals surface area contributed by atoms with Crippen LogP contribution in [0.15, 0.2) is 30.6 Å². The number of aliphatic hydroxyl groups is 1. The Morgan fingerprint density at radius 3 is 3.08 bits per heavy atom. The van der Waals surface area contributed by atoms with Gasteiger partial charge in [-0.05, 0) is 25.1 Å². The Bertz CT molecular complexity index is 1120. The first kappa shape index (κ1) is 16.5. The second-order valence-corrected chi connectivity index (χ2v) is 6.41. The Morgan fingerprint density at radius 2 is 2.27 bits per heavy atom. The van der Waals surface area contributed by atoms with E-state index in [1.165, 1.54) is 0 Å². The molecule has 0 radical (unpaired) electrons. The van der Waals surface area contributed by atoms with Crippen molar-refractivity contribution in [2.24, 2.45) is 0 Å². The molecule has 8 nitrogen and oxygen atoms in total. The highest BCUT2D eigenvalue weighted by atomic mass is 35.5. The number of fused-ring (bicyclic) bond motifs is 2. The molecule has 0 fully saturated rings. The molecule has 4 N–H and O–H groups in total. The predicted octanol–water partition coefficient (Wildman–Crippen LogP) is 2.27. The van der Waals surface area contributed by atoms with Gasteiger partial charge in [0, 0.05) is 22.6 Å². The van der Waals surface area contributed by atoms with E-state index >= 15 is 0 Å². The van der Waals surface area contributed by atoms with E-state index in [9.17, 15) is 4.79 Å². The van der Waals surface area contributed by atoms with Crippen LogP contribution >= 0.6 is 11.6 Å². The molecule has 0 saturated carbocycles. The fourth-order valence-corrected chi connectivity index (χ4v) is 2.88. The highest BCUT2D eigenvalue weighted by Crippen LogP contribution is 2.28. The average Bonchev–Trinajstić information content (AvgIpc) is 3.24. The van der Waals surface area contributed by atoms with E-state index in [-0.39, 0.29) is 18.6 Å². The van der Waals surface area contributed by atoms with E-state index in [0.29, 0.717) is 33.1 Å². The van der Waals surface area contributed by atoms with Crippen LogP contribution in [0.4, 0.5) is 0 Å². The second kappa shape index (κ2) is 6.40. The lowest BCUT2D eigenvalue weighted by Gasteiger charge is -2.09. The molecule has 9 heteroatoms. The number of amides is 1. The van der Waals surface area contributed by atoms with Crippen LogP contribution in [-0.4, -0.2) is 48.8 Å². The molecule has 0 spiro atoms. The van der Waals surface area contributed by atoms with Gasteiger partial charge in [0.05, 0.1) is 23.9 Å². The molecule has 0 saturated heterocycles. The highest BCUT2D eigenvalue weighted by molar-refractivity contribution is 6.31. The number of rotatable bonds is 4. The summed E-state index contributed by atoms with van der Waals surface area (Å²) < 4.78 is 0. The Morgan fingerprint density at radius 1 is 1.42 bits per heavy atom. The Kier molecular flexibility index (Phi) is 4.06. The first-order valence-electron chi connectivity index (χ1n) is 7.96. The van der Waals surface area contributed by atoms with Crippen LogP contribution in [-0.2, 0) is 0 Å². The molecule has 0 aliphatic heterocycles. The van der Waals surface area contributed by atoms with E-state index in [1.54, 1.807) is 31.5 Å². The number of nitrogens with zero attached hydrogens (tertiary/aromatic N) is 3. The van der Waals surface area contributed by atoms with E-state index in [1.807, 2.05) is 6.07 Å². The minimum Gasteiger partial charge on any atom is -0.394 e. The Labute approximate surface area is 152 Å². The number of carbonyl (C=O) groups is 1. The van der Waals surface area contributed by atoms with E-state index < -0.39 is 0 Å². The van der Waals surface area contributed by atoms with Gasteiger partial charge in [-0.3, -0.25) is 9.89 Å². The zero-order valence-electron chi connectivity index (χ0n) is 13.7. The van der Waals surface area contributed by atoms with Crippen LogP contribution in [0.5, 0.6) is 0 Å². The first-order valence-corrected chi connectivity index (χ1v) is 8.34. The molecule has 3 aromatic heterocycles. The van der Waals surface area contributed by atoms with Gasteiger partial charge in [-0.25, -0.2) is 9.97 Å². The van der Waals surface area contributed by atoms with Crippen LogP contribution < -0.4 is 5.32 Å². The van der Waals surface area contributed by atoms with Gasteiger partial charge in [-0.1, -0.05) is 11.6 Å². The molecule has 4 aromatic rings. The maximum absolute atomic E-state index is 12.4. The van der Waals surface area contributed by atoms with Crippen LogP contribution in [0.2, 0.25) is 5.02 Å². The van der Waals surface area contributed by atoms with Crippen molar-refractivity contribution in [3.8, 4) is 11.4 Å². The van der Waals surface area contributed by atoms with Gasteiger partial charge in [-0.15, -0.1) is 0 Å². The number of aromatic nitrogens is 5. The van der Waals surface area contributed by atoms with Crippen molar-refractivity contribution in [2.75, 3.05) is 6.61 Å². The quantitative estimate of drug-likeness (QED) is 0.439. The molecule has 0 bridgehead atoms. The van der Waals surface area contributed by atoms with Crippen LogP contribution in [0.25, 0.3) is 33.5 Å². The van der Waals surface area contributed by atoms with Crippen LogP contribution in [0.1, 0.15) is 17.3 Å². The summed E-state index contributed by atoms with van der Waals surface area (Å²) in [7, 11) is 0. The molecule has 26 heavy (non-hydrogen) atoms. The molecule has 1 atom stereocenters. The summed E-state index contributed by atoms with van der Waals surface area (Å²) in [5.74, 6) is -0.331. The lowest BCUT2D eigenvalue weighted by Crippen LogP contribution is -2.34. The summed E-state index contributed by atoms with van der Waals surface area (Å²) in [5, 5.41) is 20.5. The fourth-order valence-electron chi connectivity index (χ4n) is 2.71. The topological polar surface area (TPSA) is 120 Å². The highest BCUT2D eigenvalue weighted by Gasteiger charge is 2.18. The standard InChI is InChI=1S/C17H15ClN6O2/c1-8(7-25)21-17(26)11-5-19-16-15(11)22-13(6-20-16)14-10-3-2-9(18)4-12(10)23-24-14/h2-6,8,25H,7H2,1H3,(H,19,20)(H,21,26)(H,23,24)/t8-/m0/s1. The number of aliphatic hydroxyl groups excluding tert-OH is 1. The van der Waals surface area contributed by atoms with Gasteiger partial charge < -0.3 is 15.4 Å². The number of halogens is 1. The van der Waals surface area contributed by atoms with Gasteiger partial charge in [0.1, 0.15) is 16.9 Å². The summed E-state index contributed by atoms with van der Waals surface area (Å²) in [6, 6.07) is 5.06. The Balaban J connectivity index is 1.79. The van der Waals surface area contributed by atoms with Gasteiger partial charge in [0.25, 0.3) is 5.91 Å². The molecule has 0 unspecified atom stereocenters. The number of hydrogen-bond donors (Lipinski definition) is 4. The summed E-state index contributed by atoms with van der Waals surface area (Å²) >= 11 is 6.00. The van der Waals surface area contributed by atoms with Crippen molar-refractivity contribution < 1.29 is 9.90 Å². The van der Waals surface area contributed by atoms with Gasteiger partial charge in [-0.2, -0.15) is 5.10 Å². The molecule has 1 amide bonds. The minimum absolute atomic E-state index is 0.146. The number of H-pyrrole nitrogens is 2. The molecule has 0 aliphatic carbocycles. The SMILES string of the molecule is C[C@@H](CO)NC(=O)c1c[nH]c2ncc(-c3n[nH]c4cc(Cl)ccc34)nc12. The smallest absolute Gasteiger partial charge is 0.255 e. The molecule has 0 aliphatic rings. The minimum atomic E-state index is -0.358. The maximum atomic E-state index is 12.4. The van der Waals surface area contributed by atoms with Crippen LogP contribution in [0, 0.1) is 0 Å². The zero-order valence-corrected chi connectivity index (χ0v) is 14.5.